The van der Waals surface area contributed by atoms with Crippen LogP contribution in [0.4, 0.5) is 0 Å². The standard InChI is InChI=1S/C11H13BrN2O2/c12-10-3-9(4-13-5-10)11(16)14-2-1-8(6-14)7-15/h3-5,8,15H,1-2,6-7H2. The zero-order valence-corrected chi connectivity index (χ0v) is 10.4. The maximum atomic E-state index is 12.0. The van der Waals surface area contributed by atoms with Crippen LogP contribution in [0.5, 0.6) is 0 Å². The molecule has 0 aliphatic carbocycles. The van der Waals surface area contributed by atoms with Crippen LogP contribution in [0.3, 0.4) is 0 Å². The smallest absolute Gasteiger partial charge is 0.255 e. The van der Waals surface area contributed by atoms with E-state index in [9.17, 15) is 4.79 Å². The van der Waals surface area contributed by atoms with E-state index in [0.717, 1.165) is 17.4 Å². The van der Waals surface area contributed by atoms with E-state index in [1.807, 2.05) is 0 Å². The number of carbonyl (C=O) groups excluding carboxylic acids is 1. The number of aromatic nitrogens is 1. The van der Waals surface area contributed by atoms with Crippen molar-refractivity contribution < 1.29 is 9.90 Å². The van der Waals surface area contributed by atoms with Gasteiger partial charge in [-0.1, -0.05) is 0 Å². The highest BCUT2D eigenvalue weighted by molar-refractivity contribution is 9.10. The Bertz CT molecular complexity index is 397. The Kier molecular flexibility index (Phi) is 3.56. The molecule has 0 saturated carbocycles. The lowest BCUT2D eigenvalue weighted by atomic mass is 10.1. The highest BCUT2D eigenvalue weighted by Crippen LogP contribution is 2.19. The summed E-state index contributed by atoms with van der Waals surface area (Å²) in [5.41, 5.74) is 0.591. The van der Waals surface area contributed by atoms with Crippen molar-refractivity contribution in [3.8, 4) is 0 Å². The summed E-state index contributed by atoms with van der Waals surface area (Å²) in [6, 6.07) is 1.77. The molecule has 4 nitrogen and oxygen atoms in total. The molecule has 1 aromatic heterocycles. The molecule has 1 unspecified atom stereocenters. The Balaban J connectivity index is 2.08. The van der Waals surface area contributed by atoms with Crippen LogP contribution in [0.25, 0.3) is 0 Å². The zero-order chi connectivity index (χ0) is 11.5. The summed E-state index contributed by atoms with van der Waals surface area (Å²) in [6.45, 7) is 1.51. The molecular formula is C11H13BrN2O2. The van der Waals surface area contributed by atoms with E-state index < -0.39 is 0 Å². The second-order valence-electron chi connectivity index (χ2n) is 3.98. The highest BCUT2D eigenvalue weighted by Gasteiger charge is 2.26. The van der Waals surface area contributed by atoms with Gasteiger partial charge in [0.25, 0.3) is 5.91 Å². The van der Waals surface area contributed by atoms with E-state index in [1.54, 1.807) is 23.4 Å². The number of aliphatic hydroxyl groups excluding tert-OH is 1. The number of aliphatic hydroxyl groups is 1. The van der Waals surface area contributed by atoms with Gasteiger partial charge in [-0.3, -0.25) is 9.78 Å². The van der Waals surface area contributed by atoms with Gasteiger partial charge in [-0.25, -0.2) is 0 Å². The number of hydrogen-bond donors (Lipinski definition) is 1. The van der Waals surface area contributed by atoms with Gasteiger partial charge in [0.15, 0.2) is 0 Å². The molecule has 1 atom stereocenters. The first kappa shape index (κ1) is 11.5. The van der Waals surface area contributed by atoms with Crippen molar-refractivity contribution in [1.29, 1.82) is 0 Å². The van der Waals surface area contributed by atoms with Crippen molar-refractivity contribution in [3.63, 3.8) is 0 Å². The average molecular weight is 285 g/mol. The maximum Gasteiger partial charge on any atom is 0.255 e. The van der Waals surface area contributed by atoms with Crippen LogP contribution in [0.2, 0.25) is 0 Å². The van der Waals surface area contributed by atoms with Crippen LogP contribution < -0.4 is 0 Å². The first-order chi connectivity index (χ1) is 7.70. The fourth-order valence-electron chi connectivity index (χ4n) is 1.88. The molecule has 2 rings (SSSR count). The lowest BCUT2D eigenvalue weighted by Crippen LogP contribution is -2.29. The van der Waals surface area contributed by atoms with Gasteiger partial charge in [0.05, 0.1) is 5.56 Å². The summed E-state index contributed by atoms with van der Waals surface area (Å²) < 4.78 is 0.802. The molecule has 1 aromatic rings. The Morgan fingerprint density at radius 3 is 3.06 bits per heavy atom. The summed E-state index contributed by atoms with van der Waals surface area (Å²) in [7, 11) is 0. The van der Waals surface area contributed by atoms with Gasteiger partial charge >= 0.3 is 0 Å². The van der Waals surface area contributed by atoms with Gasteiger partial charge in [0.2, 0.25) is 0 Å². The summed E-state index contributed by atoms with van der Waals surface area (Å²) >= 11 is 3.29. The largest absolute Gasteiger partial charge is 0.396 e. The van der Waals surface area contributed by atoms with Crippen LogP contribution in [-0.4, -0.2) is 40.6 Å². The van der Waals surface area contributed by atoms with Crippen molar-refractivity contribution >= 4 is 21.8 Å². The van der Waals surface area contributed by atoms with Crippen molar-refractivity contribution in [3.05, 3.63) is 28.5 Å². The molecule has 1 aliphatic heterocycles. The predicted octanol–water partition coefficient (Wildman–Crippen LogP) is 1.30. The third kappa shape index (κ3) is 2.41. The van der Waals surface area contributed by atoms with E-state index in [2.05, 4.69) is 20.9 Å². The van der Waals surface area contributed by atoms with E-state index in [1.165, 1.54) is 0 Å². The third-order valence-electron chi connectivity index (χ3n) is 2.78. The molecule has 1 amide bonds. The fraction of sp³-hybridized carbons (Fsp3) is 0.455. The van der Waals surface area contributed by atoms with E-state index in [4.69, 9.17) is 5.11 Å². The third-order valence-corrected chi connectivity index (χ3v) is 3.22. The molecule has 1 fully saturated rings. The molecule has 2 heterocycles. The van der Waals surface area contributed by atoms with Gasteiger partial charge in [0, 0.05) is 42.5 Å². The normalized spacial score (nSPS) is 20.1. The minimum absolute atomic E-state index is 0.00949. The minimum atomic E-state index is -0.00949. The molecule has 0 spiro atoms. The molecule has 0 bridgehead atoms. The highest BCUT2D eigenvalue weighted by atomic mass is 79.9. The van der Waals surface area contributed by atoms with E-state index in [0.29, 0.717) is 12.1 Å². The van der Waals surface area contributed by atoms with Crippen LogP contribution in [-0.2, 0) is 0 Å². The summed E-state index contributed by atoms with van der Waals surface area (Å²) in [4.78, 5) is 17.8. The summed E-state index contributed by atoms with van der Waals surface area (Å²) in [5, 5.41) is 9.02. The average Bonchev–Trinajstić information content (AvgIpc) is 2.76. The van der Waals surface area contributed by atoms with Crippen molar-refractivity contribution in [2.45, 2.75) is 6.42 Å². The number of amides is 1. The molecule has 0 radical (unpaired) electrons. The number of carbonyl (C=O) groups is 1. The number of halogens is 1. The number of pyridine rings is 1. The van der Waals surface area contributed by atoms with Crippen molar-refractivity contribution in [2.24, 2.45) is 5.92 Å². The monoisotopic (exact) mass is 284 g/mol. The zero-order valence-electron chi connectivity index (χ0n) is 8.77. The van der Waals surface area contributed by atoms with Crippen molar-refractivity contribution in [1.82, 2.24) is 9.88 Å². The first-order valence-corrected chi connectivity index (χ1v) is 6.00. The molecule has 86 valence electrons. The second kappa shape index (κ2) is 4.93. The number of likely N-dealkylation sites (tertiary alicyclic amines) is 1. The predicted molar refractivity (Wildman–Crippen MR) is 63.0 cm³/mol. The second-order valence-corrected chi connectivity index (χ2v) is 4.90. The van der Waals surface area contributed by atoms with Gasteiger partial charge in [-0.2, -0.15) is 0 Å². The van der Waals surface area contributed by atoms with Gasteiger partial charge in [-0.15, -0.1) is 0 Å². The molecular weight excluding hydrogens is 272 g/mol. The van der Waals surface area contributed by atoms with E-state index in [-0.39, 0.29) is 18.4 Å². The van der Waals surface area contributed by atoms with Gasteiger partial charge in [-0.05, 0) is 28.4 Å². The summed E-state index contributed by atoms with van der Waals surface area (Å²) in [5.74, 6) is 0.216. The fourth-order valence-corrected chi connectivity index (χ4v) is 2.24. The van der Waals surface area contributed by atoms with Crippen LogP contribution in [0.15, 0.2) is 22.9 Å². The summed E-state index contributed by atoms with van der Waals surface area (Å²) in [6.07, 6.45) is 4.10. The first-order valence-electron chi connectivity index (χ1n) is 5.21. The lowest BCUT2D eigenvalue weighted by Gasteiger charge is -2.15. The minimum Gasteiger partial charge on any atom is -0.396 e. The Morgan fingerprint density at radius 1 is 1.62 bits per heavy atom. The SMILES string of the molecule is O=C(c1cncc(Br)c1)N1CCC(CO)C1. The molecule has 16 heavy (non-hydrogen) atoms. The maximum absolute atomic E-state index is 12.0. The van der Waals surface area contributed by atoms with Gasteiger partial charge in [0.1, 0.15) is 0 Å². The number of hydrogen-bond acceptors (Lipinski definition) is 3. The van der Waals surface area contributed by atoms with Gasteiger partial charge < -0.3 is 10.0 Å². The Labute approximate surface area is 102 Å². The topological polar surface area (TPSA) is 53.4 Å². The van der Waals surface area contributed by atoms with Crippen molar-refractivity contribution in [2.75, 3.05) is 19.7 Å². The quantitative estimate of drug-likeness (QED) is 0.891. The molecule has 1 aliphatic rings. The molecule has 0 aromatic carbocycles. The number of nitrogens with zero attached hydrogens (tertiary/aromatic N) is 2. The molecule has 1 saturated heterocycles. The molecule has 5 heteroatoms. The van der Waals surface area contributed by atoms with Crippen LogP contribution in [0, 0.1) is 5.92 Å². The Morgan fingerprint density at radius 2 is 2.44 bits per heavy atom. The lowest BCUT2D eigenvalue weighted by molar-refractivity contribution is 0.0781. The van der Waals surface area contributed by atoms with E-state index >= 15 is 0 Å². The number of rotatable bonds is 2. The molecule has 1 N–H and O–H groups in total. The Hall–Kier alpha value is -0.940. The van der Waals surface area contributed by atoms with Crippen LogP contribution in [0.1, 0.15) is 16.8 Å². The van der Waals surface area contributed by atoms with Crippen LogP contribution >= 0.6 is 15.9 Å².